The van der Waals surface area contributed by atoms with Gasteiger partial charge >= 0.3 is 0 Å². The number of nitrogens with one attached hydrogen (secondary N) is 2. The highest BCUT2D eigenvalue weighted by Gasteiger charge is 2.18. The number of anilines is 1. The molecule has 12 heteroatoms. The van der Waals surface area contributed by atoms with Crippen LogP contribution in [-0.2, 0) is 5.24 Å². The van der Waals surface area contributed by atoms with Gasteiger partial charge in [-0.3, -0.25) is 19.5 Å². The molecule has 164 valence electrons. The first-order valence-corrected chi connectivity index (χ1v) is 11.3. The number of amides is 1. The first kappa shape index (κ1) is 21.5. The topological polar surface area (TPSA) is 103 Å². The van der Waals surface area contributed by atoms with E-state index in [1.165, 1.54) is 0 Å². The monoisotopic (exact) mass is 438 g/mol. The van der Waals surface area contributed by atoms with Crippen LogP contribution in [-0.4, -0.2) is 72.1 Å². The molecule has 0 radical (unpaired) electrons. The summed E-state index contributed by atoms with van der Waals surface area (Å²) in [6, 6.07) is 6.33. The van der Waals surface area contributed by atoms with Gasteiger partial charge in [0.1, 0.15) is 23.5 Å². The summed E-state index contributed by atoms with van der Waals surface area (Å²) in [5.41, 5.74) is 3.28. The molecule has 1 fully saturated rings. The molecule has 0 unspecified atom stereocenters. The van der Waals surface area contributed by atoms with Gasteiger partial charge in [-0.05, 0) is 42.8 Å². The summed E-state index contributed by atoms with van der Waals surface area (Å²) in [7, 11) is 6.34. The lowest BCUT2D eigenvalue weighted by atomic mass is 9.49. The van der Waals surface area contributed by atoms with Crippen LogP contribution >= 0.6 is 0 Å². The van der Waals surface area contributed by atoms with Crippen LogP contribution in [0.15, 0.2) is 49.2 Å². The van der Waals surface area contributed by atoms with Crippen LogP contribution < -0.4 is 10.6 Å². The molecule has 1 aliphatic rings. The number of piperidine rings is 1. The van der Waals surface area contributed by atoms with E-state index in [1.807, 2.05) is 40.0 Å². The lowest BCUT2D eigenvalue weighted by Crippen LogP contribution is -2.35. The average Bonchev–Trinajstić information content (AvgIpc) is 3.49. The highest BCUT2D eigenvalue weighted by molar-refractivity contribution is 6.56. The molecule has 1 saturated heterocycles. The third-order valence-electron chi connectivity index (χ3n) is 5.96. The third-order valence-corrected chi connectivity index (χ3v) is 5.96. The summed E-state index contributed by atoms with van der Waals surface area (Å²) in [4.78, 5) is 21.6. The second kappa shape index (κ2) is 8.51. The standard InChI is InChI=1S/C21H25B3N8O/c22-21(23,24)32-12-15(9-28-32)13-1-2-14-8-26-20(29-18(14)7-13)30-19(33)16-10-27-31(11-16)17-3-5-25-6-4-17/h1-2,7-12,17,25H,3-6,22-24H2,(H,26,29,30,33). The van der Waals surface area contributed by atoms with Crippen molar-refractivity contribution in [3.63, 3.8) is 0 Å². The molecule has 1 amide bonds. The van der Waals surface area contributed by atoms with Crippen molar-refractivity contribution in [1.29, 1.82) is 0 Å². The fourth-order valence-corrected chi connectivity index (χ4v) is 4.00. The van der Waals surface area contributed by atoms with Crippen LogP contribution in [0, 0.1) is 0 Å². The van der Waals surface area contributed by atoms with E-state index in [-0.39, 0.29) is 17.1 Å². The number of carbonyl (C=O) groups is 1. The van der Waals surface area contributed by atoms with Crippen LogP contribution in [0.1, 0.15) is 29.2 Å². The molecule has 0 bridgehead atoms. The first-order chi connectivity index (χ1) is 15.9. The maximum Gasteiger partial charge on any atom is 0.261 e. The lowest BCUT2D eigenvalue weighted by Gasteiger charge is -2.22. The van der Waals surface area contributed by atoms with E-state index in [0.29, 0.717) is 11.6 Å². The molecule has 5 rings (SSSR count). The Hall–Kier alpha value is -3.40. The van der Waals surface area contributed by atoms with Crippen molar-refractivity contribution in [1.82, 2.24) is 34.8 Å². The predicted octanol–water partition coefficient (Wildman–Crippen LogP) is -0.666. The van der Waals surface area contributed by atoms with Gasteiger partial charge in [0, 0.05) is 29.5 Å². The Bertz CT molecular complexity index is 1310. The quantitative estimate of drug-likeness (QED) is 0.402. The Labute approximate surface area is 194 Å². The van der Waals surface area contributed by atoms with Crippen molar-refractivity contribution >= 4 is 46.3 Å². The minimum atomic E-state index is -0.267. The zero-order valence-electron chi connectivity index (χ0n) is 19.1. The number of nitrogens with zero attached hydrogens (tertiary/aromatic N) is 6. The van der Waals surface area contributed by atoms with E-state index in [0.717, 1.165) is 48.0 Å². The van der Waals surface area contributed by atoms with Crippen LogP contribution in [0.2, 0.25) is 0 Å². The molecule has 3 aromatic heterocycles. The highest BCUT2D eigenvalue weighted by atomic mass is 16.1. The Kier molecular flexibility index (Phi) is 5.53. The largest absolute Gasteiger partial charge is 0.317 e. The molecule has 1 aliphatic heterocycles. The molecule has 4 aromatic rings. The molecule has 9 nitrogen and oxygen atoms in total. The number of fused-ring (bicyclic) bond motifs is 1. The summed E-state index contributed by atoms with van der Waals surface area (Å²) in [5, 5.41) is 15.8. The maximum absolute atomic E-state index is 12.8. The summed E-state index contributed by atoms with van der Waals surface area (Å²) < 4.78 is 3.84. The first-order valence-electron chi connectivity index (χ1n) is 11.3. The van der Waals surface area contributed by atoms with Gasteiger partial charge in [0.05, 0.1) is 29.5 Å². The Balaban J connectivity index is 1.35. The second-order valence-corrected chi connectivity index (χ2v) is 9.46. The van der Waals surface area contributed by atoms with E-state index in [9.17, 15) is 4.79 Å². The average molecular weight is 438 g/mol. The van der Waals surface area contributed by atoms with Gasteiger partial charge in [0.2, 0.25) is 5.95 Å². The fourth-order valence-electron chi connectivity index (χ4n) is 4.00. The van der Waals surface area contributed by atoms with Crippen LogP contribution in [0.5, 0.6) is 0 Å². The Morgan fingerprint density at radius 2 is 1.88 bits per heavy atom. The zero-order chi connectivity index (χ0) is 23.0. The van der Waals surface area contributed by atoms with Crippen molar-refractivity contribution in [2.75, 3.05) is 18.4 Å². The van der Waals surface area contributed by atoms with E-state index < -0.39 is 0 Å². The lowest BCUT2D eigenvalue weighted by molar-refractivity contribution is 0.102. The van der Waals surface area contributed by atoms with Gasteiger partial charge in [-0.15, -0.1) is 0 Å². The van der Waals surface area contributed by atoms with Crippen molar-refractivity contribution in [3.05, 3.63) is 54.7 Å². The summed E-state index contributed by atoms with van der Waals surface area (Å²) in [6.45, 7) is 1.94. The maximum atomic E-state index is 12.8. The van der Waals surface area contributed by atoms with Crippen LogP contribution in [0.4, 0.5) is 5.95 Å². The molecule has 0 saturated carbocycles. The SMILES string of the molecule is BC(B)(B)n1cc(-c2ccc3cnc(NC(=O)c4cnn(C5CCNCC5)c4)nc3c2)cn1. The molecule has 33 heavy (non-hydrogen) atoms. The van der Waals surface area contributed by atoms with Gasteiger partial charge in [-0.2, -0.15) is 10.2 Å². The van der Waals surface area contributed by atoms with Gasteiger partial charge in [-0.25, -0.2) is 9.97 Å². The molecular weight excluding hydrogens is 413 g/mol. The molecular formula is C21H25B3N8O. The van der Waals surface area contributed by atoms with Gasteiger partial charge in [0.25, 0.3) is 5.91 Å². The summed E-state index contributed by atoms with van der Waals surface area (Å²) in [6.07, 6.45) is 11.0. The minimum Gasteiger partial charge on any atom is -0.317 e. The Morgan fingerprint density at radius 1 is 1.06 bits per heavy atom. The number of aromatic nitrogens is 6. The predicted molar refractivity (Wildman–Crippen MR) is 136 cm³/mol. The van der Waals surface area contributed by atoms with Crippen LogP contribution in [0.25, 0.3) is 22.0 Å². The third kappa shape index (κ3) is 4.56. The van der Waals surface area contributed by atoms with E-state index in [4.69, 9.17) is 0 Å². The van der Waals surface area contributed by atoms with E-state index >= 15 is 0 Å². The van der Waals surface area contributed by atoms with Gasteiger partial charge in [-0.1, -0.05) is 12.1 Å². The second-order valence-electron chi connectivity index (χ2n) is 9.46. The summed E-state index contributed by atoms with van der Waals surface area (Å²) in [5.74, 6) is 0.00166. The van der Waals surface area contributed by atoms with Crippen molar-refractivity contribution < 1.29 is 4.79 Å². The summed E-state index contributed by atoms with van der Waals surface area (Å²) >= 11 is 0. The van der Waals surface area contributed by atoms with Crippen molar-refractivity contribution in [2.24, 2.45) is 0 Å². The number of carbonyl (C=O) groups excluding carboxylic acids is 1. The molecule has 4 heterocycles. The number of benzene rings is 1. The Morgan fingerprint density at radius 3 is 2.64 bits per heavy atom. The van der Waals surface area contributed by atoms with Crippen LogP contribution in [0.3, 0.4) is 0 Å². The molecule has 0 atom stereocenters. The number of hydrogen-bond donors (Lipinski definition) is 2. The number of hydrogen-bond acceptors (Lipinski definition) is 6. The van der Waals surface area contributed by atoms with Gasteiger partial charge < -0.3 is 5.32 Å². The number of rotatable bonds is 5. The smallest absolute Gasteiger partial charge is 0.261 e. The highest BCUT2D eigenvalue weighted by Crippen LogP contribution is 2.24. The normalized spacial score (nSPS) is 15.0. The van der Waals surface area contributed by atoms with E-state index in [2.05, 4.69) is 54.3 Å². The van der Waals surface area contributed by atoms with Crippen molar-refractivity contribution in [2.45, 2.75) is 24.1 Å². The molecule has 0 spiro atoms. The van der Waals surface area contributed by atoms with E-state index in [1.54, 1.807) is 18.6 Å². The van der Waals surface area contributed by atoms with Gasteiger partial charge in [0.15, 0.2) is 0 Å². The van der Waals surface area contributed by atoms with Crippen molar-refractivity contribution in [3.8, 4) is 11.1 Å². The zero-order valence-corrected chi connectivity index (χ0v) is 19.1. The molecule has 1 aromatic carbocycles. The minimum absolute atomic E-state index is 0.0869. The molecule has 0 aliphatic carbocycles. The molecule has 2 N–H and O–H groups in total. The fraction of sp³-hybridized carbons (Fsp3) is 0.286.